The summed E-state index contributed by atoms with van der Waals surface area (Å²) in [6.07, 6.45) is 4.07. The Morgan fingerprint density at radius 3 is 2.56 bits per heavy atom. The number of anilines is 2. The van der Waals surface area contributed by atoms with Crippen molar-refractivity contribution in [1.82, 2.24) is 9.78 Å². The molecular formula is C27H24N4O3. The van der Waals surface area contributed by atoms with Crippen molar-refractivity contribution in [2.75, 3.05) is 23.9 Å². The summed E-state index contributed by atoms with van der Waals surface area (Å²) in [4.78, 5) is 27.7. The summed E-state index contributed by atoms with van der Waals surface area (Å²) in [5.74, 6) is 0.382. The summed E-state index contributed by atoms with van der Waals surface area (Å²) in [7, 11) is 1.59. The quantitative estimate of drug-likeness (QED) is 0.471. The first kappa shape index (κ1) is 21.5. The van der Waals surface area contributed by atoms with Gasteiger partial charge in [0.05, 0.1) is 25.4 Å². The minimum Gasteiger partial charge on any atom is -0.497 e. The van der Waals surface area contributed by atoms with Crippen molar-refractivity contribution in [1.29, 1.82) is 0 Å². The molecule has 7 heteroatoms. The number of aromatic nitrogens is 2. The van der Waals surface area contributed by atoms with Crippen LogP contribution in [0.1, 0.15) is 31.8 Å². The van der Waals surface area contributed by atoms with E-state index in [4.69, 9.17) is 4.74 Å². The van der Waals surface area contributed by atoms with Gasteiger partial charge in [-0.2, -0.15) is 5.10 Å². The Balaban J connectivity index is 1.30. The van der Waals surface area contributed by atoms with E-state index >= 15 is 0 Å². The Hall–Kier alpha value is -4.39. The second-order valence-electron chi connectivity index (χ2n) is 8.15. The molecule has 2 heterocycles. The lowest BCUT2D eigenvalue weighted by Crippen LogP contribution is -2.28. The van der Waals surface area contributed by atoms with Gasteiger partial charge in [0.25, 0.3) is 11.8 Å². The molecule has 1 aromatic heterocycles. The predicted octanol–water partition coefficient (Wildman–Crippen LogP) is 4.40. The number of rotatable bonds is 6. The molecule has 0 bridgehead atoms. The van der Waals surface area contributed by atoms with Crippen LogP contribution in [0.3, 0.4) is 0 Å². The molecule has 5 rings (SSSR count). The van der Waals surface area contributed by atoms with Gasteiger partial charge in [0.1, 0.15) is 5.75 Å². The molecule has 0 fully saturated rings. The highest BCUT2D eigenvalue weighted by atomic mass is 16.5. The van der Waals surface area contributed by atoms with Crippen molar-refractivity contribution in [2.24, 2.45) is 0 Å². The van der Waals surface area contributed by atoms with Gasteiger partial charge in [-0.3, -0.25) is 14.3 Å². The number of nitrogens with zero attached hydrogens (tertiary/aromatic N) is 3. The van der Waals surface area contributed by atoms with E-state index in [1.807, 2.05) is 48.5 Å². The van der Waals surface area contributed by atoms with Crippen LogP contribution >= 0.6 is 0 Å². The summed E-state index contributed by atoms with van der Waals surface area (Å²) in [6, 6.07) is 22.7. The molecule has 1 N–H and O–H groups in total. The monoisotopic (exact) mass is 452 g/mol. The van der Waals surface area contributed by atoms with Gasteiger partial charge in [0.15, 0.2) is 0 Å². The highest BCUT2D eigenvalue weighted by molar-refractivity contribution is 6.08. The topological polar surface area (TPSA) is 76.5 Å². The zero-order valence-electron chi connectivity index (χ0n) is 18.8. The number of methoxy groups -OCH3 is 1. The van der Waals surface area contributed by atoms with Gasteiger partial charge in [-0.15, -0.1) is 0 Å². The van der Waals surface area contributed by atoms with E-state index < -0.39 is 0 Å². The Morgan fingerprint density at radius 1 is 1.00 bits per heavy atom. The zero-order chi connectivity index (χ0) is 23.5. The van der Waals surface area contributed by atoms with Crippen LogP contribution in [0.2, 0.25) is 0 Å². The molecule has 0 spiro atoms. The fourth-order valence-corrected chi connectivity index (χ4v) is 4.10. The van der Waals surface area contributed by atoms with Gasteiger partial charge in [-0.05, 0) is 53.9 Å². The lowest BCUT2D eigenvalue weighted by molar-refractivity contribution is 0.0988. The highest BCUT2D eigenvalue weighted by Crippen LogP contribution is 2.32. The van der Waals surface area contributed by atoms with Gasteiger partial charge >= 0.3 is 0 Å². The first-order valence-electron chi connectivity index (χ1n) is 11.1. The number of ether oxygens (including phenoxy) is 1. The van der Waals surface area contributed by atoms with Crippen molar-refractivity contribution >= 4 is 23.2 Å². The number of carbonyl (C=O) groups excluding carboxylic acids is 2. The molecule has 170 valence electrons. The minimum atomic E-state index is -0.245. The number of benzene rings is 3. The van der Waals surface area contributed by atoms with Crippen LogP contribution in [0.15, 0.2) is 85.2 Å². The summed E-state index contributed by atoms with van der Waals surface area (Å²) in [5, 5.41) is 7.24. The maximum Gasteiger partial charge on any atom is 0.258 e. The second kappa shape index (κ2) is 9.23. The highest BCUT2D eigenvalue weighted by Gasteiger charge is 2.26. The Bertz CT molecular complexity index is 1330. The predicted molar refractivity (Wildman–Crippen MR) is 131 cm³/mol. The average Bonchev–Trinajstić information content (AvgIpc) is 3.51. The summed E-state index contributed by atoms with van der Waals surface area (Å²) in [5.41, 5.74) is 4.71. The van der Waals surface area contributed by atoms with Crippen molar-refractivity contribution < 1.29 is 14.3 Å². The summed E-state index contributed by atoms with van der Waals surface area (Å²) in [6.45, 7) is 1.19. The molecule has 0 unspecified atom stereocenters. The van der Waals surface area contributed by atoms with Crippen LogP contribution in [0, 0.1) is 0 Å². The van der Waals surface area contributed by atoms with Gasteiger partial charge in [-0.25, -0.2) is 0 Å². The summed E-state index contributed by atoms with van der Waals surface area (Å²) >= 11 is 0. The van der Waals surface area contributed by atoms with Crippen molar-refractivity contribution in [2.45, 2.75) is 13.0 Å². The van der Waals surface area contributed by atoms with Gasteiger partial charge < -0.3 is 15.0 Å². The smallest absolute Gasteiger partial charge is 0.258 e. The van der Waals surface area contributed by atoms with E-state index in [2.05, 4.69) is 10.4 Å². The number of nitrogens with one attached hydrogen (secondary N) is 1. The zero-order valence-corrected chi connectivity index (χ0v) is 18.8. The lowest BCUT2D eigenvalue weighted by atomic mass is 10.1. The third-order valence-electron chi connectivity index (χ3n) is 5.90. The number of carbonyl (C=O) groups is 2. The normalized spacial score (nSPS) is 12.3. The largest absolute Gasteiger partial charge is 0.497 e. The maximum atomic E-state index is 13.1. The number of amides is 2. The van der Waals surface area contributed by atoms with Gasteiger partial charge in [0, 0.05) is 29.7 Å². The molecule has 0 radical (unpaired) electrons. The van der Waals surface area contributed by atoms with E-state index in [1.54, 1.807) is 53.4 Å². The maximum absolute atomic E-state index is 13.1. The van der Waals surface area contributed by atoms with Gasteiger partial charge in [-0.1, -0.05) is 36.4 Å². The first-order chi connectivity index (χ1) is 16.6. The number of hydrogen-bond acceptors (Lipinski definition) is 4. The van der Waals surface area contributed by atoms with Crippen LogP contribution in [0.4, 0.5) is 11.4 Å². The molecule has 4 aromatic rings. The molecule has 0 saturated heterocycles. The SMILES string of the molecule is COc1ccc(C(=O)N2CCc3ccc(NC(=O)c4cnn(Cc5ccccc5)c4)cc32)cc1. The molecule has 7 nitrogen and oxygen atoms in total. The molecule has 1 aliphatic heterocycles. The van der Waals surface area contributed by atoms with Crippen LogP contribution in [0.25, 0.3) is 0 Å². The van der Waals surface area contributed by atoms with E-state index in [0.717, 1.165) is 23.2 Å². The van der Waals surface area contributed by atoms with E-state index in [-0.39, 0.29) is 11.8 Å². The molecule has 3 aromatic carbocycles. The molecule has 34 heavy (non-hydrogen) atoms. The molecular weight excluding hydrogens is 428 g/mol. The molecule has 0 saturated carbocycles. The average molecular weight is 453 g/mol. The molecule has 1 aliphatic rings. The van der Waals surface area contributed by atoms with Crippen molar-refractivity contribution in [3.05, 3.63) is 107 Å². The Kier molecular flexibility index (Phi) is 5.82. The minimum absolute atomic E-state index is 0.0768. The van der Waals surface area contributed by atoms with Crippen molar-refractivity contribution in [3.63, 3.8) is 0 Å². The second-order valence-corrected chi connectivity index (χ2v) is 8.15. The van der Waals surface area contributed by atoms with Crippen LogP contribution < -0.4 is 15.0 Å². The lowest BCUT2D eigenvalue weighted by Gasteiger charge is -2.18. The van der Waals surface area contributed by atoms with E-state index in [0.29, 0.717) is 35.7 Å². The molecule has 0 aliphatic carbocycles. The first-order valence-corrected chi connectivity index (χ1v) is 11.1. The standard InChI is InChI=1S/C27H24N4O3/c1-34-24-11-8-21(9-12-24)27(33)31-14-13-20-7-10-23(15-25(20)31)29-26(32)22-16-28-30(18-22)17-19-5-3-2-4-6-19/h2-12,15-16,18H,13-14,17H2,1H3,(H,29,32). The van der Waals surface area contributed by atoms with Crippen LogP contribution in [0.5, 0.6) is 5.75 Å². The molecule has 2 amide bonds. The number of hydrogen-bond donors (Lipinski definition) is 1. The van der Waals surface area contributed by atoms with Crippen molar-refractivity contribution in [3.8, 4) is 5.75 Å². The summed E-state index contributed by atoms with van der Waals surface area (Å²) < 4.78 is 6.92. The van der Waals surface area contributed by atoms with Crippen LogP contribution in [-0.4, -0.2) is 35.2 Å². The number of fused-ring (bicyclic) bond motifs is 1. The third-order valence-corrected chi connectivity index (χ3v) is 5.90. The Morgan fingerprint density at radius 2 is 1.79 bits per heavy atom. The van der Waals surface area contributed by atoms with Crippen LogP contribution in [-0.2, 0) is 13.0 Å². The Labute approximate surface area is 197 Å². The van der Waals surface area contributed by atoms with Gasteiger partial charge in [0.2, 0.25) is 0 Å². The third kappa shape index (κ3) is 4.41. The fraction of sp³-hybridized carbons (Fsp3) is 0.148. The molecule has 0 atom stereocenters. The van der Waals surface area contributed by atoms with E-state index in [1.165, 1.54) is 0 Å². The van der Waals surface area contributed by atoms with E-state index in [9.17, 15) is 9.59 Å². The fourth-order valence-electron chi connectivity index (χ4n) is 4.10.